The Labute approximate surface area is 128 Å². The van der Waals surface area contributed by atoms with Gasteiger partial charge >= 0.3 is 0 Å². The molecule has 0 heterocycles. The molecular formula is C20H24O. The van der Waals surface area contributed by atoms with E-state index in [-0.39, 0.29) is 5.60 Å². The maximum Gasteiger partial charge on any atom is 0.120 e. The van der Waals surface area contributed by atoms with Crippen molar-refractivity contribution in [1.29, 1.82) is 0 Å². The van der Waals surface area contributed by atoms with Crippen LogP contribution in [0.2, 0.25) is 0 Å². The van der Waals surface area contributed by atoms with Crippen LogP contribution in [0, 0.1) is 0 Å². The molecule has 21 heavy (non-hydrogen) atoms. The monoisotopic (exact) mass is 280 g/mol. The lowest BCUT2D eigenvalue weighted by Gasteiger charge is -2.21. The fourth-order valence-corrected chi connectivity index (χ4v) is 2.16. The van der Waals surface area contributed by atoms with Crippen LogP contribution in [-0.4, -0.2) is 5.60 Å². The number of allylic oxidation sites excluding steroid dienone is 1. The zero-order valence-electron chi connectivity index (χ0n) is 13.3. The highest BCUT2D eigenvalue weighted by Gasteiger charge is 2.11. The fraction of sp³-hybridized carbons (Fsp3) is 0.300. The van der Waals surface area contributed by atoms with Gasteiger partial charge in [0.15, 0.2) is 0 Å². The van der Waals surface area contributed by atoms with E-state index in [0.29, 0.717) is 5.92 Å². The summed E-state index contributed by atoms with van der Waals surface area (Å²) < 4.78 is 5.90. The molecule has 1 heteroatoms. The zero-order chi connectivity index (χ0) is 15.3. The molecule has 0 fully saturated rings. The fourth-order valence-electron chi connectivity index (χ4n) is 2.16. The van der Waals surface area contributed by atoms with Gasteiger partial charge < -0.3 is 4.74 Å². The third-order valence-corrected chi connectivity index (χ3v) is 3.18. The van der Waals surface area contributed by atoms with Gasteiger partial charge in [-0.1, -0.05) is 61.5 Å². The number of rotatable bonds is 4. The van der Waals surface area contributed by atoms with Crippen LogP contribution in [0.5, 0.6) is 5.75 Å². The van der Waals surface area contributed by atoms with Crippen molar-refractivity contribution in [2.24, 2.45) is 0 Å². The Morgan fingerprint density at radius 1 is 0.952 bits per heavy atom. The van der Waals surface area contributed by atoms with E-state index in [2.05, 4.69) is 76.2 Å². The average molecular weight is 280 g/mol. The predicted octanol–water partition coefficient (Wildman–Crippen LogP) is 5.68. The molecule has 0 aliphatic carbocycles. The molecule has 1 atom stereocenters. The van der Waals surface area contributed by atoms with E-state index in [9.17, 15) is 0 Å². The van der Waals surface area contributed by atoms with Gasteiger partial charge in [0.05, 0.1) is 0 Å². The van der Waals surface area contributed by atoms with Crippen LogP contribution in [-0.2, 0) is 0 Å². The molecule has 2 aromatic rings. The van der Waals surface area contributed by atoms with Crippen LogP contribution < -0.4 is 4.74 Å². The summed E-state index contributed by atoms with van der Waals surface area (Å²) in [5, 5.41) is 0. The van der Waals surface area contributed by atoms with Crippen molar-refractivity contribution in [1.82, 2.24) is 0 Å². The highest BCUT2D eigenvalue weighted by Crippen LogP contribution is 2.22. The Balaban J connectivity index is 2.09. The van der Waals surface area contributed by atoms with E-state index in [1.54, 1.807) is 0 Å². The molecule has 0 amide bonds. The predicted molar refractivity (Wildman–Crippen MR) is 90.7 cm³/mol. The first-order chi connectivity index (χ1) is 9.94. The van der Waals surface area contributed by atoms with Gasteiger partial charge in [-0.2, -0.15) is 0 Å². The molecule has 1 nitrogen and oxygen atoms in total. The van der Waals surface area contributed by atoms with Crippen LogP contribution in [0.4, 0.5) is 0 Å². The quantitative estimate of drug-likeness (QED) is 0.700. The number of hydrogen-bond donors (Lipinski definition) is 0. The van der Waals surface area contributed by atoms with Crippen LogP contribution in [0.25, 0.3) is 6.08 Å². The van der Waals surface area contributed by atoms with Gasteiger partial charge in [-0.3, -0.25) is 0 Å². The second-order valence-corrected chi connectivity index (χ2v) is 6.35. The molecule has 0 saturated carbocycles. The summed E-state index contributed by atoms with van der Waals surface area (Å²) in [6.07, 6.45) is 4.39. The summed E-state index contributed by atoms with van der Waals surface area (Å²) in [6, 6.07) is 18.8. The molecule has 0 N–H and O–H groups in total. The van der Waals surface area contributed by atoms with Crippen LogP contribution in [0.15, 0.2) is 60.7 Å². The van der Waals surface area contributed by atoms with Crippen molar-refractivity contribution in [3.63, 3.8) is 0 Å². The highest BCUT2D eigenvalue weighted by atomic mass is 16.5. The Hall–Kier alpha value is -2.02. The van der Waals surface area contributed by atoms with E-state index < -0.39 is 0 Å². The molecule has 1 unspecified atom stereocenters. The lowest BCUT2D eigenvalue weighted by Crippen LogP contribution is -2.22. The number of benzene rings is 2. The second kappa shape index (κ2) is 6.62. The molecule has 0 bridgehead atoms. The SMILES string of the molecule is CC(C=Cc1cccc(OC(C)(C)C)c1)c1ccccc1. The smallest absolute Gasteiger partial charge is 0.120 e. The molecule has 2 rings (SSSR count). The molecule has 2 aromatic carbocycles. The van der Waals surface area contributed by atoms with Gasteiger partial charge in [-0.15, -0.1) is 0 Å². The van der Waals surface area contributed by atoms with Gasteiger partial charge in [0.25, 0.3) is 0 Å². The Morgan fingerprint density at radius 2 is 1.67 bits per heavy atom. The molecule has 0 aliphatic heterocycles. The largest absolute Gasteiger partial charge is 0.488 e. The first-order valence-corrected chi connectivity index (χ1v) is 7.46. The van der Waals surface area contributed by atoms with E-state index in [1.165, 1.54) is 11.1 Å². The Bertz CT molecular complexity index is 591. The van der Waals surface area contributed by atoms with Gasteiger partial charge in [0, 0.05) is 0 Å². The molecule has 0 spiro atoms. The Morgan fingerprint density at radius 3 is 2.33 bits per heavy atom. The van der Waals surface area contributed by atoms with Gasteiger partial charge in [0.2, 0.25) is 0 Å². The minimum absolute atomic E-state index is 0.167. The molecule has 110 valence electrons. The molecule has 0 radical (unpaired) electrons. The summed E-state index contributed by atoms with van der Waals surface area (Å²) in [6.45, 7) is 8.40. The molecule has 0 aliphatic rings. The van der Waals surface area contributed by atoms with E-state index in [0.717, 1.165) is 5.75 Å². The number of hydrogen-bond acceptors (Lipinski definition) is 1. The molecular weight excluding hydrogens is 256 g/mol. The zero-order valence-corrected chi connectivity index (χ0v) is 13.3. The van der Waals surface area contributed by atoms with E-state index >= 15 is 0 Å². The lowest BCUT2D eigenvalue weighted by atomic mass is 10.00. The third kappa shape index (κ3) is 5.11. The van der Waals surface area contributed by atoms with Gasteiger partial charge in [0.1, 0.15) is 11.4 Å². The first-order valence-electron chi connectivity index (χ1n) is 7.46. The summed E-state index contributed by atoms with van der Waals surface area (Å²) in [5.41, 5.74) is 2.33. The van der Waals surface area contributed by atoms with Gasteiger partial charge in [-0.05, 0) is 49.9 Å². The normalized spacial score (nSPS) is 13.3. The summed E-state index contributed by atoms with van der Waals surface area (Å²) in [7, 11) is 0. The standard InChI is InChI=1S/C20H24O/c1-16(18-10-6-5-7-11-18)13-14-17-9-8-12-19(15-17)21-20(2,3)4/h5-16H,1-4H3. The van der Waals surface area contributed by atoms with Crippen LogP contribution >= 0.6 is 0 Å². The maximum atomic E-state index is 5.90. The first kappa shape index (κ1) is 15.4. The van der Waals surface area contributed by atoms with Crippen molar-refractivity contribution < 1.29 is 4.74 Å². The maximum absolute atomic E-state index is 5.90. The second-order valence-electron chi connectivity index (χ2n) is 6.35. The summed E-state index contributed by atoms with van der Waals surface area (Å²) in [5.74, 6) is 1.32. The van der Waals surface area contributed by atoms with Crippen molar-refractivity contribution in [3.05, 3.63) is 71.8 Å². The average Bonchev–Trinajstić information content (AvgIpc) is 2.44. The summed E-state index contributed by atoms with van der Waals surface area (Å²) in [4.78, 5) is 0. The lowest BCUT2D eigenvalue weighted by molar-refractivity contribution is 0.131. The molecule has 0 aromatic heterocycles. The minimum atomic E-state index is -0.167. The minimum Gasteiger partial charge on any atom is -0.488 e. The van der Waals surface area contributed by atoms with E-state index in [1.807, 2.05) is 18.2 Å². The van der Waals surface area contributed by atoms with Crippen molar-refractivity contribution >= 4 is 6.08 Å². The Kier molecular flexibility index (Phi) is 4.85. The van der Waals surface area contributed by atoms with Crippen LogP contribution in [0.3, 0.4) is 0 Å². The van der Waals surface area contributed by atoms with Crippen molar-refractivity contribution in [2.45, 2.75) is 39.2 Å². The summed E-state index contributed by atoms with van der Waals surface area (Å²) >= 11 is 0. The highest BCUT2D eigenvalue weighted by molar-refractivity contribution is 5.53. The topological polar surface area (TPSA) is 9.23 Å². The number of ether oxygens (including phenoxy) is 1. The van der Waals surface area contributed by atoms with Gasteiger partial charge in [-0.25, -0.2) is 0 Å². The third-order valence-electron chi connectivity index (χ3n) is 3.18. The molecule has 0 saturated heterocycles. The van der Waals surface area contributed by atoms with Crippen LogP contribution in [0.1, 0.15) is 44.7 Å². The van der Waals surface area contributed by atoms with Crippen molar-refractivity contribution in [2.75, 3.05) is 0 Å². The van der Waals surface area contributed by atoms with Crippen molar-refractivity contribution in [3.8, 4) is 5.75 Å². The van der Waals surface area contributed by atoms with E-state index in [4.69, 9.17) is 4.74 Å².